The molecule has 3 N–H and O–H groups in total. The van der Waals surface area contributed by atoms with E-state index in [2.05, 4.69) is 34.7 Å². The van der Waals surface area contributed by atoms with Gasteiger partial charge in [0.25, 0.3) is 0 Å². The lowest BCUT2D eigenvalue weighted by Gasteiger charge is -2.24. The molecule has 6 heteroatoms. The van der Waals surface area contributed by atoms with Crippen molar-refractivity contribution in [2.45, 2.75) is 58.4 Å². The van der Waals surface area contributed by atoms with Crippen molar-refractivity contribution in [3.05, 3.63) is 35.0 Å². The summed E-state index contributed by atoms with van der Waals surface area (Å²) >= 11 is 0. The number of benzene rings is 1. The molecule has 0 saturated heterocycles. The lowest BCUT2D eigenvalue weighted by molar-refractivity contribution is -0.125. The van der Waals surface area contributed by atoms with Crippen molar-refractivity contribution in [1.29, 1.82) is 0 Å². The summed E-state index contributed by atoms with van der Waals surface area (Å²) in [4.78, 5) is 32.1. The number of hydrogen-bond acceptors (Lipinski definition) is 3. The van der Waals surface area contributed by atoms with Gasteiger partial charge in [-0.1, -0.05) is 38.7 Å². The number of hydrogen-bond donors (Lipinski definition) is 3. The summed E-state index contributed by atoms with van der Waals surface area (Å²) in [7, 11) is 0. The average molecular weight is 407 g/mol. The second-order valence-electron chi connectivity index (χ2n) is 8.56. The van der Waals surface area contributed by atoms with Gasteiger partial charge in [-0.25, -0.2) is 4.98 Å². The number of rotatable bonds is 4. The molecule has 0 aliphatic heterocycles. The van der Waals surface area contributed by atoms with Crippen molar-refractivity contribution in [2.24, 2.45) is 11.8 Å². The molecule has 2 aromatic rings. The Hall–Kier alpha value is -2.89. The number of nitrogens with zero attached hydrogens (tertiary/aromatic N) is 1. The Morgan fingerprint density at radius 1 is 1.03 bits per heavy atom. The fourth-order valence-corrected chi connectivity index (χ4v) is 4.39. The van der Waals surface area contributed by atoms with Crippen LogP contribution >= 0.6 is 0 Å². The highest BCUT2D eigenvalue weighted by Gasteiger charge is 2.25. The molecule has 2 unspecified atom stereocenters. The Morgan fingerprint density at radius 2 is 1.73 bits per heavy atom. The maximum Gasteiger partial charge on any atom is 0.223 e. The maximum absolute atomic E-state index is 12.8. The summed E-state index contributed by atoms with van der Waals surface area (Å²) in [5.74, 6) is 1.22. The Kier molecular flexibility index (Phi) is 6.02. The van der Waals surface area contributed by atoms with Crippen LogP contribution in [0.15, 0.2) is 24.3 Å². The number of imidazole rings is 1. The Labute approximate surface area is 176 Å². The molecule has 1 aromatic heterocycles. The van der Waals surface area contributed by atoms with Crippen LogP contribution in [0.25, 0.3) is 23.5 Å². The normalized spacial score (nSPS) is 21.5. The molecule has 6 nitrogen and oxygen atoms in total. The molecule has 0 bridgehead atoms. The van der Waals surface area contributed by atoms with Gasteiger partial charge in [0.15, 0.2) is 0 Å². The number of carbonyl (C=O) groups is 2. The first-order chi connectivity index (χ1) is 14.5. The molecule has 2 amide bonds. The molecule has 0 spiro atoms. The maximum atomic E-state index is 12.8. The Bertz CT molecular complexity index is 1030. The van der Waals surface area contributed by atoms with Crippen molar-refractivity contribution in [2.75, 3.05) is 5.32 Å². The minimum absolute atomic E-state index is 0.0356. The van der Waals surface area contributed by atoms with Crippen LogP contribution in [0.3, 0.4) is 0 Å². The highest BCUT2D eigenvalue weighted by molar-refractivity contribution is 5.88. The van der Waals surface area contributed by atoms with Crippen LogP contribution in [-0.2, 0) is 9.59 Å². The topological polar surface area (TPSA) is 86.9 Å². The smallest absolute Gasteiger partial charge is 0.223 e. The predicted octanol–water partition coefficient (Wildman–Crippen LogP) is 2.70. The van der Waals surface area contributed by atoms with Crippen LogP contribution in [0.1, 0.15) is 52.4 Å². The monoisotopic (exact) mass is 406 g/mol. The lowest BCUT2D eigenvalue weighted by atomic mass is 9.94. The van der Waals surface area contributed by atoms with E-state index in [1.165, 1.54) is 19.8 Å². The molecule has 1 heterocycles. The van der Waals surface area contributed by atoms with Crippen molar-refractivity contribution in [3.63, 3.8) is 0 Å². The highest BCUT2D eigenvalue weighted by atomic mass is 16.2. The van der Waals surface area contributed by atoms with Crippen LogP contribution in [0.5, 0.6) is 0 Å². The number of nitrogens with one attached hydrogen (secondary N) is 3. The van der Waals surface area contributed by atoms with E-state index in [0.717, 1.165) is 53.5 Å². The van der Waals surface area contributed by atoms with Crippen LogP contribution in [0, 0.1) is 11.8 Å². The first-order valence-corrected chi connectivity index (χ1v) is 11.0. The molecular weight excluding hydrogens is 376 g/mol. The van der Waals surface area contributed by atoms with E-state index in [1.807, 2.05) is 24.3 Å². The zero-order chi connectivity index (χ0) is 21.1. The first kappa shape index (κ1) is 20.4. The Balaban J connectivity index is 1.51. The van der Waals surface area contributed by atoms with Crippen molar-refractivity contribution < 1.29 is 9.59 Å². The van der Waals surface area contributed by atoms with E-state index < -0.39 is 0 Å². The minimum atomic E-state index is -0.0914. The largest absolute Gasteiger partial charge is 0.349 e. The van der Waals surface area contributed by atoms with E-state index in [-0.39, 0.29) is 29.7 Å². The molecule has 2 atom stereocenters. The van der Waals surface area contributed by atoms with Crippen LogP contribution in [-0.4, -0.2) is 27.8 Å². The van der Waals surface area contributed by atoms with Gasteiger partial charge in [-0.15, -0.1) is 0 Å². The molecule has 4 rings (SSSR count). The van der Waals surface area contributed by atoms with Gasteiger partial charge in [-0.05, 0) is 43.2 Å². The molecule has 2 aliphatic carbocycles. The standard InChI is InChI=1S/C24H30N4O2/c1-15-13-21-22(14-20(15)28-24(30)18-7-5-3-4-6-8-18)27-23(26-21)17-9-11-19(12-10-17)25-16(2)29/h9-15,18,20H,3-8H2,1-2H3,(H,25,29)(H,26,27)(H,28,30). The van der Waals surface area contributed by atoms with E-state index >= 15 is 0 Å². The first-order valence-electron chi connectivity index (χ1n) is 11.0. The zero-order valence-corrected chi connectivity index (χ0v) is 17.7. The Morgan fingerprint density at radius 3 is 2.40 bits per heavy atom. The second kappa shape index (κ2) is 8.86. The summed E-state index contributed by atoms with van der Waals surface area (Å²) in [5, 5.41) is 7.90. The third-order valence-electron chi connectivity index (χ3n) is 6.11. The number of carbonyl (C=O) groups excluding carboxylic acids is 2. The fraction of sp³-hybridized carbons (Fsp3) is 0.458. The summed E-state index contributed by atoms with van der Waals surface area (Å²) < 4.78 is 0. The number of anilines is 1. The molecule has 30 heavy (non-hydrogen) atoms. The molecular formula is C24H30N4O2. The fourth-order valence-electron chi connectivity index (χ4n) is 4.39. The number of aromatic amines is 1. The number of H-pyrrole nitrogens is 1. The van der Waals surface area contributed by atoms with E-state index in [9.17, 15) is 9.59 Å². The molecule has 158 valence electrons. The van der Waals surface area contributed by atoms with Crippen molar-refractivity contribution >= 4 is 29.7 Å². The van der Waals surface area contributed by atoms with Crippen LogP contribution in [0.4, 0.5) is 5.69 Å². The molecule has 1 fully saturated rings. The van der Waals surface area contributed by atoms with Gasteiger partial charge in [-0.3, -0.25) is 9.59 Å². The van der Waals surface area contributed by atoms with Crippen LogP contribution < -0.4 is 21.3 Å². The van der Waals surface area contributed by atoms with E-state index in [1.54, 1.807) is 0 Å². The van der Waals surface area contributed by atoms with Crippen molar-refractivity contribution in [1.82, 2.24) is 15.3 Å². The van der Waals surface area contributed by atoms with Crippen molar-refractivity contribution in [3.8, 4) is 11.4 Å². The number of aromatic nitrogens is 2. The summed E-state index contributed by atoms with van der Waals surface area (Å²) in [6.45, 7) is 3.62. The van der Waals surface area contributed by atoms with Crippen LogP contribution in [0.2, 0.25) is 0 Å². The van der Waals surface area contributed by atoms with Gasteiger partial charge in [-0.2, -0.15) is 0 Å². The summed E-state index contributed by atoms with van der Waals surface area (Å²) in [6, 6.07) is 7.56. The molecule has 2 aliphatic rings. The molecule has 0 radical (unpaired) electrons. The lowest BCUT2D eigenvalue weighted by Crippen LogP contribution is -2.46. The quantitative estimate of drug-likeness (QED) is 0.683. The van der Waals surface area contributed by atoms with Gasteiger partial charge in [0.2, 0.25) is 11.8 Å². The molecule has 1 aromatic carbocycles. The van der Waals surface area contributed by atoms with E-state index in [0.29, 0.717) is 0 Å². The van der Waals surface area contributed by atoms with E-state index in [4.69, 9.17) is 4.98 Å². The second-order valence-corrected chi connectivity index (χ2v) is 8.56. The van der Waals surface area contributed by atoms with Gasteiger partial charge >= 0.3 is 0 Å². The van der Waals surface area contributed by atoms with Gasteiger partial charge in [0, 0.05) is 30.0 Å². The van der Waals surface area contributed by atoms with Gasteiger partial charge < -0.3 is 15.6 Å². The number of fused-ring (bicyclic) bond motifs is 1. The zero-order valence-electron chi connectivity index (χ0n) is 17.7. The molecule has 1 saturated carbocycles. The highest BCUT2D eigenvalue weighted by Crippen LogP contribution is 2.24. The third-order valence-corrected chi connectivity index (χ3v) is 6.11. The predicted molar refractivity (Wildman–Crippen MR) is 119 cm³/mol. The summed E-state index contributed by atoms with van der Waals surface area (Å²) in [5.41, 5.74) is 1.71. The minimum Gasteiger partial charge on any atom is -0.349 e. The van der Waals surface area contributed by atoms with Gasteiger partial charge in [0.05, 0.1) is 16.7 Å². The van der Waals surface area contributed by atoms with Gasteiger partial charge in [0.1, 0.15) is 5.82 Å². The third kappa shape index (κ3) is 4.64. The number of amides is 2. The summed E-state index contributed by atoms with van der Waals surface area (Å²) in [6.07, 6.45) is 11.0. The average Bonchev–Trinajstić information content (AvgIpc) is 2.93. The SMILES string of the molecule is CC(=O)Nc1ccc(-c2nc3c([nH]2)=CC(C)C(NC(=O)C2CCCCCC2)C=3)cc1.